The molecule has 2 fully saturated rings. The Labute approximate surface area is 182 Å². The second kappa shape index (κ2) is 9.29. The summed E-state index contributed by atoms with van der Waals surface area (Å²) >= 11 is 0. The molecule has 5 nitrogen and oxygen atoms in total. The number of carbonyl (C=O) groups is 1. The van der Waals surface area contributed by atoms with Crippen LogP contribution in [0.15, 0.2) is 18.2 Å². The SMILES string of the molecule is Cc1cc(OC2CCCC2)ccc1CC(=O)N1CCC(CS(=O)(=O)C(C)(C)C)CC1. The topological polar surface area (TPSA) is 63.7 Å². The van der Waals surface area contributed by atoms with Crippen LogP contribution in [0.3, 0.4) is 0 Å². The molecule has 0 bridgehead atoms. The number of aryl methyl sites for hydroxylation is 1. The largest absolute Gasteiger partial charge is 0.490 e. The van der Waals surface area contributed by atoms with Crippen molar-refractivity contribution in [2.75, 3.05) is 18.8 Å². The zero-order valence-electron chi connectivity index (χ0n) is 18.9. The summed E-state index contributed by atoms with van der Waals surface area (Å²) in [5.74, 6) is 1.39. The summed E-state index contributed by atoms with van der Waals surface area (Å²) in [6.45, 7) is 8.60. The zero-order valence-corrected chi connectivity index (χ0v) is 19.8. The maximum Gasteiger partial charge on any atom is 0.226 e. The number of hydrogen-bond donors (Lipinski definition) is 0. The molecule has 1 heterocycles. The second-order valence-electron chi connectivity index (χ2n) is 10.0. The summed E-state index contributed by atoms with van der Waals surface area (Å²) in [4.78, 5) is 14.7. The lowest BCUT2D eigenvalue weighted by Gasteiger charge is -2.33. The third kappa shape index (κ3) is 5.77. The van der Waals surface area contributed by atoms with E-state index in [1.165, 1.54) is 12.8 Å². The Morgan fingerprint density at radius 1 is 1.10 bits per heavy atom. The maximum atomic E-state index is 12.8. The second-order valence-corrected chi connectivity index (χ2v) is 12.8. The summed E-state index contributed by atoms with van der Waals surface area (Å²) < 4.78 is 30.3. The number of carbonyl (C=O) groups excluding carboxylic acids is 1. The normalized spacial score (nSPS) is 19.3. The average molecular weight is 436 g/mol. The Hall–Kier alpha value is -1.56. The van der Waals surface area contributed by atoms with Crippen molar-refractivity contribution >= 4 is 15.7 Å². The third-order valence-electron chi connectivity index (χ3n) is 6.62. The number of piperidine rings is 1. The fourth-order valence-corrected chi connectivity index (χ4v) is 5.78. The van der Waals surface area contributed by atoms with Gasteiger partial charge in [0.2, 0.25) is 5.91 Å². The lowest BCUT2D eigenvalue weighted by Crippen LogP contribution is -2.42. The summed E-state index contributed by atoms with van der Waals surface area (Å²) in [7, 11) is -3.12. The Bertz CT molecular complexity index is 842. The Kier molecular flexibility index (Phi) is 7.16. The van der Waals surface area contributed by atoms with Crippen LogP contribution in [0.5, 0.6) is 5.75 Å². The van der Waals surface area contributed by atoms with Gasteiger partial charge in [0.1, 0.15) is 5.75 Å². The highest BCUT2D eigenvalue weighted by Gasteiger charge is 2.33. The minimum atomic E-state index is -3.12. The predicted molar refractivity (Wildman–Crippen MR) is 121 cm³/mol. The molecule has 0 unspecified atom stereocenters. The molecule has 0 radical (unpaired) electrons. The van der Waals surface area contributed by atoms with Gasteiger partial charge in [-0.2, -0.15) is 0 Å². The van der Waals surface area contributed by atoms with E-state index < -0.39 is 14.6 Å². The standard InChI is InChI=1S/C24H37NO4S/c1-18-15-22(29-21-7-5-6-8-21)10-9-20(18)16-23(26)25-13-11-19(12-14-25)17-30(27,28)24(2,3)4/h9-10,15,19,21H,5-8,11-14,16-17H2,1-4H3. The number of ether oxygens (including phenoxy) is 1. The quantitative estimate of drug-likeness (QED) is 0.668. The number of benzene rings is 1. The predicted octanol–water partition coefficient (Wildman–Crippen LogP) is 4.31. The first-order valence-corrected chi connectivity index (χ1v) is 13.0. The van der Waals surface area contributed by atoms with Gasteiger partial charge in [-0.15, -0.1) is 0 Å². The van der Waals surface area contributed by atoms with Crippen LogP contribution in [-0.4, -0.2) is 48.9 Å². The van der Waals surface area contributed by atoms with Crippen molar-refractivity contribution in [1.82, 2.24) is 4.90 Å². The number of sulfone groups is 1. The summed E-state index contributed by atoms with van der Waals surface area (Å²) in [5, 5.41) is 0. The molecule has 30 heavy (non-hydrogen) atoms. The molecule has 168 valence electrons. The fourth-order valence-electron chi connectivity index (χ4n) is 4.32. The first-order chi connectivity index (χ1) is 14.0. The van der Waals surface area contributed by atoms with Crippen LogP contribution in [0.2, 0.25) is 0 Å². The van der Waals surface area contributed by atoms with Crippen molar-refractivity contribution in [2.45, 2.75) is 83.5 Å². The van der Waals surface area contributed by atoms with Crippen LogP contribution >= 0.6 is 0 Å². The molecular formula is C24H37NO4S. The van der Waals surface area contributed by atoms with Crippen LogP contribution in [0, 0.1) is 12.8 Å². The van der Waals surface area contributed by atoms with Gasteiger partial charge in [0, 0.05) is 13.1 Å². The Morgan fingerprint density at radius 2 is 1.73 bits per heavy atom. The van der Waals surface area contributed by atoms with Crippen molar-refractivity contribution in [3.63, 3.8) is 0 Å². The monoisotopic (exact) mass is 435 g/mol. The molecule has 1 amide bonds. The summed E-state index contributed by atoms with van der Waals surface area (Å²) in [6.07, 6.45) is 6.99. The van der Waals surface area contributed by atoms with Crippen LogP contribution < -0.4 is 4.74 Å². The van der Waals surface area contributed by atoms with Crippen molar-refractivity contribution in [3.05, 3.63) is 29.3 Å². The number of rotatable bonds is 6. The first-order valence-electron chi connectivity index (χ1n) is 11.3. The molecular weight excluding hydrogens is 398 g/mol. The van der Waals surface area contributed by atoms with Gasteiger partial charge in [0.15, 0.2) is 9.84 Å². The third-order valence-corrected chi connectivity index (χ3v) is 9.39. The molecule has 2 aliphatic rings. The molecule has 3 rings (SSSR count). The zero-order chi connectivity index (χ0) is 21.9. The average Bonchev–Trinajstić information content (AvgIpc) is 3.16. The molecule has 1 aromatic carbocycles. The van der Waals surface area contributed by atoms with Crippen LogP contribution in [0.1, 0.15) is 70.4 Å². The molecule has 0 N–H and O–H groups in total. The van der Waals surface area contributed by atoms with Crippen molar-refractivity contribution in [3.8, 4) is 5.75 Å². The van der Waals surface area contributed by atoms with Gasteiger partial charge in [0.05, 0.1) is 23.0 Å². The van der Waals surface area contributed by atoms with Gasteiger partial charge in [-0.05, 0) is 95.4 Å². The minimum absolute atomic E-state index is 0.125. The minimum Gasteiger partial charge on any atom is -0.490 e. The van der Waals surface area contributed by atoms with Crippen molar-refractivity contribution < 1.29 is 17.9 Å². The van der Waals surface area contributed by atoms with Crippen LogP contribution in [-0.2, 0) is 21.1 Å². The molecule has 1 saturated heterocycles. The summed E-state index contributed by atoms with van der Waals surface area (Å²) in [6, 6.07) is 6.04. The van der Waals surface area contributed by atoms with Gasteiger partial charge in [-0.25, -0.2) is 8.42 Å². The van der Waals surface area contributed by atoms with E-state index in [0.29, 0.717) is 25.6 Å². The lowest BCUT2D eigenvalue weighted by molar-refractivity contribution is -0.131. The van der Waals surface area contributed by atoms with E-state index in [4.69, 9.17) is 4.74 Å². The molecule has 1 saturated carbocycles. The van der Waals surface area contributed by atoms with E-state index in [1.807, 2.05) is 30.0 Å². The van der Waals surface area contributed by atoms with Crippen LogP contribution in [0.25, 0.3) is 0 Å². The molecule has 0 spiro atoms. The van der Waals surface area contributed by atoms with Crippen molar-refractivity contribution in [2.24, 2.45) is 5.92 Å². The molecule has 1 aliphatic carbocycles. The number of amides is 1. The van der Waals surface area contributed by atoms with Gasteiger partial charge >= 0.3 is 0 Å². The fraction of sp³-hybridized carbons (Fsp3) is 0.708. The van der Waals surface area contributed by atoms with Gasteiger partial charge in [-0.3, -0.25) is 4.79 Å². The smallest absolute Gasteiger partial charge is 0.226 e. The highest BCUT2D eigenvalue weighted by molar-refractivity contribution is 7.92. The van der Waals surface area contributed by atoms with E-state index >= 15 is 0 Å². The Morgan fingerprint density at radius 3 is 2.30 bits per heavy atom. The lowest BCUT2D eigenvalue weighted by atomic mass is 9.98. The molecule has 1 aromatic rings. The molecule has 0 aromatic heterocycles. The van der Waals surface area contributed by atoms with Gasteiger partial charge in [0.25, 0.3) is 0 Å². The molecule has 1 aliphatic heterocycles. The first kappa shape index (κ1) is 23.1. The highest BCUT2D eigenvalue weighted by atomic mass is 32.2. The summed E-state index contributed by atoms with van der Waals surface area (Å²) in [5.41, 5.74) is 2.13. The van der Waals surface area contributed by atoms with Crippen LogP contribution in [0.4, 0.5) is 0 Å². The Balaban J connectivity index is 1.51. The number of hydrogen-bond acceptors (Lipinski definition) is 4. The highest BCUT2D eigenvalue weighted by Crippen LogP contribution is 2.27. The van der Waals surface area contributed by atoms with Gasteiger partial charge < -0.3 is 9.64 Å². The van der Waals surface area contributed by atoms with Gasteiger partial charge in [-0.1, -0.05) is 6.07 Å². The maximum absolute atomic E-state index is 12.8. The van der Waals surface area contributed by atoms with E-state index in [-0.39, 0.29) is 17.6 Å². The van der Waals surface area contributed by atoms with E-state index in [9.17, 15) is 13.2 Å². The molecule has 0 atom stereocenters. The van der Waals surface area contributed by atoms with Crippen molar-refractivity contribution in [1.29, 1.82) is 0 Å². The van der Waals surface area contributed by atoms with E-state index in [1.54, 1.807) is 20.8 Å². The number of likely N-dealkylation sites (tertiary alicyclic amines) is 1. The number of nitrogens with zero attached hydrogens (tertiary/aromatic N) is 1. The van der Waals surface area contributed by atoms with E-state index in [2.05, 4.69) is 0 Å². The van der Waals surface area contributed by atoms with E-state index in [0.717, 1.165) is 42.6 Å². The molecule has 6 heteroatoms.